The zero-order valence-corrected chi connectivity index (χ0v) is 13.9. The number of alkyl halides is 4. The summed E-state index contributed by atoms with van der Waals surface area (Å²) >= 11 is 15.0. The molecule has 2 N–H and O–H groups in total. The summed E-state index contributed by atoms with van der Waals surface area (Å²) in [6.07, 6.45) is -3.16. The molecule has 1 aliphatic carbocycles. The lowest BCUT2D eigenvalue weighted by Gasteiger charge is -2.32. The predicted molar refractivity (Wildman–Crippen MR) is 82.0 cm³/mol. The van der Waals surface area contributed by atoms with Gasteiger partial charge in [-0.25, -0.2) is 0 Å². The zero-order valence-electron chi connectivity index (χ0n) is 10.8. The van der Waals surface area contributed by atoms with Crippen molar-refractivity contribution < 1.29 is 23.4 Å². The van der Waals surface area contributed by atoms with Gasteiger partial charge in [-0.1, -0.05) is 35.3 Å². The van der Waals surface area contributed by atoms with Crippen molar-refractivity contribution in [1.82, 2.24) is 0 Å². The number of aliphatic hydroxyl groups excluding tert-OH is 1. The van der Waals surface area contributed by atoms with Gasteiger partial charge in [0.15, 0.2) is 5.06 Å². The highest BCUT2D eigenvalue weighted by Gasteiger charge is 2.40. The van der Waals surface area contributed by atoms with Gasteiger partial charge in [-0.3, -0.25) is 0 Å². The van der Waals surface area contributed by atoms with Gasteiger partial charge in [0.05, 0.1) is 15.1 Å². The molecular weight excluding hydrogens is 408 g/mol. The van der Waals surface area contributed by atoms with Crippen molar-refractivity contribution in [3.8, 4) is 0 Å². The summed E-state index contributed by atoms with van der Waals surface area (Å²) in [7, 11) is 0. The number of rotatable bonds is 2. The summed E-state index contributed by atoms with van der Waals surface area (Å²) in [5.41, 5.74) is -0.275. The standard InChI is InChI=1S/C14H10BrCl2F3O2/c15-10-6-13(17,22)9(11(16)12(10)21)5-7-1-3-8(4-2-7)14(18,19)20/h1-4,6,9,21-22H,5H2. The van der Waals surface area contributed by atoms with Gasteiger partial charge >= 0.3 is 6.18 Å². The van der Waals surface area contributed by atoms with E-state index in [0.717, 1.165) is 12.1 Å². The first-order valence-electron chi connectivity index (χ1n) is 6.07. The molecule has 0 fully saturated rings. The van der Waals surface area contributed by atoms with Crippen LogP contribution in [0.3, 0.4) is 0 Å². The van der Waals surface area contributed by atoms with Crippen LogP contribution in [0.4, 0.5) is 13.2 Å². The van der Waals surface area contributed by atoms with E-state index < -0.39 is 22.7 Å². The molecule has 0 spiro atoms. The second-order valence-corrected chi connectivity index (χ2v) is 6.73. The topological polar surface area (TPSA) is 40.5 Å². The molecule has 2 nitrogen and oxygen atoms in total. The molecule has 1 aromatic carbocycles. The molecule has 0 heterocycles. The molecule has 0 amide bonds. The highest BCUT2D eigenvalue weighted by atomic mass is 79.9. The second kappa shape index (κ2) is 6.07. The van der Waals surface area contributed by atoms with Gasteiger partial charge in [-0.2, -0.15) is 13.2 Å². The molecule has 2 unspecified atom stereocenters. The molecule has 0 aliphatic heterocycles. The number of allylic oxidation sites excluding steroid dienone is 1. The first kappa shape index (κ1) is 17.7. The lowest BCUT2D eigenvalue weighted by atomic mass is 9.89. The molecule has 1 aromatic rings. The number of halogens is 6. The van der Waals surface area contributed by atoms with Crippen molar-refractivity contribution >= 4 is 39.1 Å². The average molecular weight is 418 g/mol. The van der Waals surface area contributed by atoms with Crippen molar-refractivity contribution in [2.45, 2.75) is 17.7 Å². The Labute approximate surface area is 143 Å². The fraction of sp³-hybridized carbons (Fsp3) is 0.286. The van der Waals surface area contributed by atoms with Crippen LogP contribution in [0, 0.1) is 5.92 Å². The van der Waals surface area contributed by atoms with Crippen molar-refractivity contribution in [1.29, 1.82) is 0 Å². The van der Waals surface area contributed by atoms with Gasteiger partial charge < -0.3 is 10.2 Å². The third kappa shape index (κ3) is 3.62. The third-order valence-electron chi connectivity index (χ3n) is 3.30. The number of hydrogen-bond acceptors (Lipinski definition) is 2. The monoisotopic (exact) mass is 416 g/mol. The summed E-state index contributed by atoms with van der Waals surface area (Å²) in [6, 6.07) is 4.44. The quantitative estimate of drug-likeness (QED) is 0.657. The van der Waals surface area contributed by atoms with E-state index in [9.17, 15) is 23.4 Å². The Hall–Kier alpha value is -0.690. The van der Waals surface area contributed by atoms with E-state index in [4.69, 9.17) is 23.2 Å². The van der Waals surface area contributed by atoms with E-state index in [1.165, 1.54) is 18.2 Å². The molecule has 1 aliphatic rings. The van der Waals surface area contributed by atoms with E-state index in [1.54, 1.807) is 0 Å². The molecule has 0 aromatic heterocycles. The zero-order chi connectivity index (χ0) is 16.7. The minimum Gasteiger partial charge on any atom is -0.506 e. The Bertz CT molecular complexity index is 636. The molecule has 2 rings (SSSR count). The predicted octanol–water partition coefficient (Wildman–Crippen LogP) is 5.09. The minimum atomic E-state index is -4.42. The van der Waals surface area contributed by atoms with Crippen LogP contribution in [-0.4, -0.2) is 15.3 Å². The van der Waals surface area contributed by atoms with Crippen LogP contribution < -0.4 is 0 Å². The Morgan fingerprint density at radius 3 is 2.27 bits per heavy atom. The van der Waals surface area contributed by atoms with Crippen molar-refractivity contribution in [2.75, 3.05) is 0 Å². The first-order valence-corrected chi connectivity index (χ1v) is 7.62. The summed E-state index contributed by atoms with van der Waals surface area (Å²) in [5.74, 6) is -1.14. The summed E-state index contributed by atoms with van der Waals surface area (Å²) < 4.78 is 37.7. The summed E-state index contributed by atoms with van der Waals surface area (Å²) in [4.78, 5) is 0. The minimum absolute atomic E-state index is 0.0632. The molecule has 8 heteroatoms. The van der Waals surface area contributed by atoms with E-state index in [1.807, 2.05) is 0 Å². The van der Waals surface area contributed by atoms with E-state index in [2.05, 4.69) is 15.9 Å². The highest BCUT2D eigenvalue weighted by molar-refractivity contribution is 9.12. The van der Waals surface area contributed by atoms with Crippen LogP contribution in [0.25, 0.3) is 0 Å². The SMILES string of the molecule is OC1=C(Cl)C(Cc2ccc(C(F)(F)F)cc2)C(O)(Cl)C=C1Br. The van der Waals surface area contributed by atoms with Crippen LogP contribution in [0.1, 0.15) is 11.1 Å². The second-order valence-electron chi connectivity index (χ2n) is 4.87. The van der Waals surface area contributed by atoms with Crippen molar-refractivity contribution in [2.24, 2.45) is 5.92 Å². The van der Waals surface area contributed by atoms with Gasteiger partial charge in [0.2, 0.25) is 0 Å². The molecule has 0 saturated heterocycles. The molecule has 0 bridgehead atoms. The maximum atomic E-state index is 12.5. The first-order chi connectivity index (χ1) is 10.0. The maximum Gasteiger partial charge on any atom is 0.416 e. The fourth-order valence-electron chi connectivity index (χ4n) is 2.10. The lowest BCUT2D eigenvalue weighted by molar-refractivity contribution is -0.137. The number of hydrogen-bond donors (Lipinski definition) is 2. The maximum absolute atomic E-state index is 12.5. The third-order valence-corrected chi connectivity index (χ3v) is 4.72. The van der Waals surface area contributed by atoms with E-state index in [-0.39, 0.29) is 21.7 Å². The number of benzene rings is 1. The highest BCUT2D eigenvalue weighted by Crippen LogP contribution is 2.43. The van der Waals surface area contributed by atoms with E-state index >= 15 is 0 Å². The Morgan fingerprint density at radius 1 is 1.23 bits per heavy atom. The lowest BCUT2D eigenvalue weighted by Crippen LogP contribution is -2.35. The van der Waals surface area contributed by atoms with Crippen molar-refractivity contribution in [3.05, 3.63) is 56.7 Å². The van der Waals surface area contributed by atoms with Crippen molar-refractivity contribution in [3.63, 3.8) is 0 Å². The van der Waals surface area contributed by atoms with Crippen LogP contribution >= 0.6 is 39.1 Å². The number of aliphatic hydroxyl groups is 2. The van der Waals surface area contributed by atoms with Gasteiger partial charge in [-0.05, 0) is 46.1 Å². The molecule has 120 valence electrons. The van der Waals surface area contributed by atoms with Gasteiger partial charge in [0, 0.05) is 5.92 Å². The molecule has 0 saturated carbocycles. The summed E-state index contributed by atoms with van der Waals surface area (Å²) in [5, 5.41) is 18.1. The van der Waals surface area contributed by atoms with Gasteiger partial charge in [0.25, 0.3) is 0 Å². The summed E-state index contributed by atoms with van der Waals surface area (Å²) in [6.45, 7) is 0. The Morgan fingerprint density at radius 2 is 1.77 bits per heavy atom. The van der Waals surface area contributed by atoms with Crippen LogP contribution in [0.2, 0.25) is 0 Å². The average Bonchev–Trinajstić information content (AvgIpc) is 2.40. The van der Waals surface area contributed by atoms with Crippen LogP contribution in [0.15, 0.2) is 45.6 Å². The van der Waals surface area contributed by atoms with E-state index in [0.29, 0.717) is 5.56 Å². The fourth-order valence-corrected chi connectivity index (χ4v) is 3.61. The van der Waals surface area contributed by atoms with Crippen LogP contribution in [-0.2, 0) is 12.6 Å². The molecular formula is C14H10BrCl2F3O2. The molecule has 2 atom stereocenters. The smallest absolute Gasteiger partial charge is 0.416 e. The van der Waals surface area contributed by atoms with Gasteiger partial charge in [-0.15, -0.1) is 0 Å². The Kier molecular flexibility index (Phi) is 4.88. The Balaban J connectivity index is 2.27. The largest absolute Gasteiger partial charge is 0.506 e. The van der Waals surface area contributed by atoms with Crippen LogP contribution in [0.5, 0.6) is 0 Å². The molecule has 0 radical (unpaired) electrons. The normalized spacial score (nSPS) is 26.1. The van der Waals surface area contributed by atoms with Gasteiger partial charge in [0.1, 0.15) is 5.76 Å². The molecule has 22 heavy (non-hydrogen) atoms.